The van der Waals surface area contributed by atoms with Gasteiger partial charge in [0, 0.05) is 13.2 Å². The summed E-state index contributed by atoms with van der Waals surface area (Å²) in [5, 5.41) is 5.31. The monoisotopic (exact) mass is 323 g/mol. The number of benzene rings is 3. The van der Waals surface area contributed by atoms with Gasteiger partial charge in [-0.3, -0.25) is 0 Å². The highest BCUT2D eigenvalue weighted by atomic mass is 28.3. The molecular weight excluding hydrogens is 300 g/mol. The molecule has 3 aromatic rings. The summed E-state index contributed by atoms with van der Waals surface area (Å²) in [6.07, 6.45) is 1.00. The first kappa shape index (κ1) is 16.2. The van der Waals surface area contributed by atoms with Crippen molar-refractivity contribution in [3.8, 4) is 0 Å². The van der Waals surface area contributed by atoms with Crippen LogP contribution < -0.4 is 0 Å². The van der Waals surface area contributed by atoms with Crippen LogP contribution in [-0.4, -0.2) is 22.5 Å². The van der Waals surface area contributed by atoms with Gasteiger partial charge in [0.25, 0.3) is 0 Å². The molecule has 0 fully saturated rings. The smallest absolute Gasteiger partial charge is 0.384 e. The first-order valence-electron chi connectivity index (χ1n) is 8.34. The van der Waals surface area contributed by atoms with E-state index in [1.54, 1.807) is 0 Å². The average Bonchev–Trinajstić information content (AvgIpc) is 2.60. The van der Waals surface area contributed by atoms with E-state index >= 15 is 0 Å². The van der Waals surface area contributed by atoms with E-state index in [4.69, 9.17) is 8.85 Å². The largest absolute Gasteiger partial charge is 0.394 e. The summed E-state index contributed by atoms with van der Waals surface area (Å²) in [6.45, 7) is 5.53. The van der Waals surface area contributed by atoms with Gasteiger partial charge in [0.1, 0.15) is 0 Å². The molecule has 0 aliphatic carbocycles. The number of fused-ring (bicyclic) bond motifs is 3. The predicted octanol–water partition coefficient (Wildman–Crippen LogP) is 5.10. The number of rotatable bonds is 7. The Labute approximate surface area is 139 Å². The van der Waals surface area contributed by atoms with Gasteiger partial charge in [0.2, 0.25) is 0 Å². The summed E-state index contributed by atoms with van der Waals surface area (Å²) in [6, 6.07) is 20.7. The maximum Gasteiger partial charge on any atom is 0.384 e. The van der Waals surface area contributed by atoms with E-state index in [9.17, 15) is 0 Å². The molecule has 0 saturated heterocycles. The van der Waals surface area contributed by atoms with Crippen molar-refractivity contribution in [2.75, 3.05) is 13.2 Å². The molecule has 3 heteroatoms. The molecule has 0 heterocycles. The van der Waals surface area contributed by atoms with Gasteiger partial charge in [-0.1, -0.05) is 54.6 Å². The SMILES string of the molecule is CCO[Si](CCc1cccc2c1ccc1ccccc12)OCC. The van der Waals surface area contributed by atoms with Gasteiger partial charge in [-0.05, 0) is 53.4 Å². The minimum atomic E-state index is -1.15. The first-order valence-corrected chi connectivity index (χ1v) is 9.86. The van der Waals surface area contributed by atoms with Crippen LogP contribution in [0.3, 0.4) is 0 Å². The Morgan fingerprint density at radius 1 is 0.739 bits per heavy atom. The summed E-state index contributed by atoms with van der Waals surface area (Å²) in [7, 11) is -1.15. The number of hydrogen-bond acceptors (Lipinski definition) is 2. The van der Waals surface area contributed by atoms with E-state index in [-0.39, 0.29) is 0 Å². The molecule has 0 N–H and O–H groups in total. The second-order valence-electron chi connectivity index (χ2n) is 5.54. The molecule has 0 spiro atoms. The van der Waals surface area contributed by atoms with Gasteiger partial charge in [-0.25, -0.2) is 0 Å². The Bertz CT molecular complexity index is 779. The van der Waals surface area contributed by atoms with Gasteiger partial charge < -0.3 is 8.85 Å². The van der Waals surface area contributed by atoms with Crippen molar-refractivity contribution in [3.05, 3.63) is 60.2 Å². The van der Waals surface area contributed by atoms with Crippen molar-refractivity contribution >= 4 is 30.8 Å². The Hall–Kier alpha value is -1.68. The zero-order valence-corrected chi connectivity index (χ0v) is 14.8. The quantitative estimate of drug-likeness (QED) is 0.445. The third-order valence-electron chi connectivity index (χ3n) is 4.09. The van der Waals surface area contributed by atoms with Crippen LogP contribution in [0.1, 0.15) is 19.4 Å². The zero-order valence-electron chi connectivity index (χ0n) is 13.8. The van der Waals surface area contributed by atoms with Crippen molar-refractivity contribution in [2.45, 2.75) is 26.3 Å². The third kappa shape index (κ3) is 3.63. The molecule has 119 valence electrons. The Balaban J connectivity index is 1.90. The van der Waals surface area contributed by atoms with E-state index in [1.807, 2.05) is 13.8 Å². The summed E-state index contributed by atoms with van der Waals surface area (Å²) >= 11 is 0. The van der Waals surface area contributed by atoms with Crippen molar-refractivity contribution in [1.29, 1.82) is 0 Å². The fraction of sp³-hybridized carbons (Fsp3) is 0.300. The van der Waals surface area contributed by atoms with E-state index in [2.05, 4.69) is 54.6 Å². The molecular formula is C20H23O2Si. The summed E-state index contributed by atoms with van der Waals surface area (Å²) in [5.74, 6) is 0. The fourth-order valence-corrected chi connectivity index (χ4v) is 4.56. The summed E-state index contributed by atoms with van der Waals surface area (Å²) < 4.78 is 11.5. The lowest BCUT2D eigenvalue weighted by molar-refractivity contribution is 0.213. The van der Waals surface area contributed by atoms with Gasteiger partial charge in [0.05, 0.1) is 0 Å². The van der Waals surface area contributed by atoms with Crippen molar-refractivity contribution in [3.63, 3.8) is 0 Å². The molecule has 2 nitrogen and oxygen atoms in total. The normalized spacial score (nSPS) is 11.6. The van der Waals surface area contributed by atoms with Crippen LogP contribution in [0.2, 0.25) is 6.04 Å². The Morgan fingerprint density at radius 3 is 2.26 bits per heavy atom. The number of aryl methyl sites for hydroxylation is 1. The molecule has 0 aliphatic rings. The highest BCUT2D eigenvalue weighted by molar-refractivity contribution is 6.44. The van der Waals surface area contributed by atoms with Crippen LogP contribution in [0.5, 0.6) is 0 Å². The zero-order chi connectivity index (χ0) is 16.1. The highest BCUT2D eigenvalue weighted by Gasteiger charge is 2.15. The number of hydrogen-bond donors (Lipinski definition) is 0. The Morgan fingerprint density at radius 2 is 1.48 bits per heavy atom. The van der Waals surface area contributed by atoms with Crippen LogP contribution in [0, 0.1) is 0 Å². The van der Waals surface area contributed by atoms with Crippen LogP contribution in [0.25, 0.3) is 21.5 Å². The van der Waals surface area contributed by atoms with E-state index in [0.717, 1.165) is 25.7 Å². The van der Waals surface area contributed by atoms with Gasteiger partial charge in [-0.2, -0.15) is 0 Å². The second-order valence-corrected chi connectivity index (χ2v) is 7.36. The summed E-state index contributed by atoms with van der Waals surface area (Å²) in [5.41, 5.74) is 1.38. The average molecular weight is 323 g/mol. The lowest BCUT2D eigenvalue weighted by Crippen LogP contribution is -2.23. The van der Waals surface area contributed by atoms with Crippen LogP contribution >= 0.6 is 0 Å². The molecule has 0 aromatic heterocycles. The maximum absolute atomic E-state index is 5.77. The van der Waals surface area contributed by atoms with Gasteiger partial charge >= 0.3 is 9.28 Å². The van der Waals surface area contributed by atoms with E-state index in [1.165, 1.54) is 27.1 Å². The molecule has 0 saturated carbocycles. The third-order valence-corrected chi connectivity index (χ3v) is 5.97. The molecule has 0 aliphatic heterocycles. The molecule has 0 bridgehead atoms. The van der Waals surface area contributed by atoms with Crippen LogP contribution in [0.15, 0.2) is 54.6 Å². The maximum atomic E-state index is 5.77. The minimum Gasteiger partial charge on any atom is -0.394 e. The van der Waals surface area contributed by atoms with Crippen LogP contribution in [0.4, 0.5) is 0 Å². The molecule has 3 rings (SSSR count). The fourth-order valence-electron chi connectivity index (χ4n) is 3.07. The molecule has 3 aromatic carbocycles. The standard InChI is InChI=1S/C20H23O2Si/c1-3-21-23(22-4-2)15-14-17-9-7-11-20-18-10-6-5-8-16(18)12-13-19(17)20/h5-13H,3-4,14-15H2,1-2H3. The lowest BCUT2D eigenvalue weighted by atomic mass is 9.97. The summed E-state index contributed by atoms with van der Waals surface area (Å²) in [4.78, 5) is 0. The van der Waals surface area contributed by atoms with E-state index in [0.29, 0.717) is 0 Å². The Kier molecular flexibility index (Phi) is 5.44. The predicted molar refractivity (Wildman–Crippen MR) is 99.0 cm³/mol. The lowest BCUT2D eigenvalue weighted by Gasteiger charge is -2.14. The molecule has 0 unspecified atom stereocenters. The van der Waals surface area contributed by atoms with Crippen molar-refractivity contribution < 1.29 is 8.85 Å². The molecule has 23 heavy (non-hydrogen) atoms. The topological polar surface area (TPSA) is 18.5 Å². The minimum absolute atomic E-state index is 0.731. The van der Waals surface area contributed by atoms with Crippen molar-refractivity contribution in [2.24, 2.45) is 0 Å². The highest BCUT2D eigenvalue weighted by Crippen LogP contribution is 2.28. The van der Waals surface area contributed by atoms with Crippen molar-refractivity contribution in [1.82, 2.24) is 0 Å². The molecule has 1 radical (unpaired) electrons. The van der Waals surface area contributed by atoms with E-state index < -0.39 is 9.28 Å². The first-order chi connectivity index (χ1) is 11.3. The van der Waals surface area contributed by atoms with Gasteiger partial charge in [-0.15, -0.1) is 0 Å². The second kappa shape index (κ2) is 7.73. The van der Waals surface area contributed by atoms with Crippen LogP contribution in [-0.2, 0) is 15.3 Å². The molecule has 0 atom stereocenters. The molecule has 0 amide bonds. The van der Waals surface area contributed by atoms with Gasteiger partial charge in [0.15, 0.2) is 0 Å².